The SMILES string of the molecule is CCN1CCOC(C(=O)Nc2nc(-c3c(C)[nH]c4ccccc34)cs2)C1. The summed E-state index contributed by atoms with van der Waals surface area (Å²) in [6.07, 6.45) is -0.439. The number of carbonyl (C=O) groups excluding carboxylic acids is 1. The van der Waals surface area contributed by atoms with E-state index in [1.165, 1.54) is 11.3 Å². The van der Waals surface area contributed by atoms with Gasteiger partial charge in [-0.15, -0.1) is 11.3 Å². The van der Waals surface area contributed by atoms with Gasteiger partial charge in [-0.1, -0.05) is 25.1 Å². The van der Waals surface area contributed by atoms with Crippen molar-refractivity contribution in [3.05, 3.63) is 35.3 Å². The van der Waals surface area contributed by atoms with Gasteiger partial charge in [0, 0.05) is 40.6 Å². The minimum Gasteiger partial charge on any atom is -0.366 e. The number of fused-ring (bicyclic) bond motifs is 1. The molecule has 1 aliphatic rings. The van der Waals surface area contributed by atoms with Gasteiger partial charge in [0.15, 0.2) is 5.13 Å². The first-order chi connectivity index (χ1) is 12.7. The maximum absolute atomic E-state index is 12.5. The van der Waals surface area contributed by atoms with Crippen molar-refractivity contribution in [2.24, 2.45) is 0 Å². The van der Waals surface area contributed by atoms with Crippen molar-refractivity contribution in [1.82, 2.24) is 14.9 Å². The first kappa shape index (κ1) is 17.2. The van der Waals surface area contributed by atoms with E-state index in [2.05, 4.69) is 39.2 Å². The first-order valence-corrected chi connectivity index (χ1v) is 9.71. The number of ether oxygens (including phenoxy) is 1. The van der Waals surface area contributed by atoms with Gasteiger partial charge < -0.3 is 9.72 Å². The van der Waals surface area contributed by atoms with E-state index in [1.54, 1.807) is 0 Å². The highest BCUT2D eigenvalue weighted by Gasteiger charge is 2.26. The molecule has 2 aromatic heterocycles. The fourth-order valence-electron chi connectivity index (χ4n) is 3.39. The van der Waals surface area contributed by atoms with Gasteiger partial charge in [-0.3, -0.25) is 15.0 Å². The van der Waals surface area contributed by atoms with Crippen LogP contribution in [0.3, 0.4) is 0 Å². The Morgan fingerprint density at radius 1 is 1.46 bits per heavy atom. The molecule has 1 atom stereocenters. The summed E-state index contributed by atoms with van der Waals surface area (Å²) in [6.45, 7) is 7.15. The Labute approximate surface area is 156 Å². The van der Waals surface area contributed by atoms with Gasteiger partial charge in [0.05, 0.1) is 12.3 Å². The quantitative estimate of drug-likeness (QED) is 0.740. The lowest BCUT2D eigenvalue weighted by molar-refractivity contribution is -0.132. The minimum atomic E-state index is -0.439. The van der Waals surface area contributed by atoms with Crippen LogP contribution in [0, 0.1) is 6.92 Å². The lowest BCUT2D eigenvalue weighted by atomic mass is 10.1. The molecule has 1 fully saturated rings. The predicted octanol–water partition coefficient (Wildman–Crippen LogP) is 3.26. The number of nitrogens with zero attached hydrogens (tertiary/aromatic N) is 2. The van der Waals surface area contributed by atoms with E-state index in [4.69, 9.17) is 4.74 Å². The van der Waals surface area contributed by atoms with Gasteiger partial charge in [-0.05, 0) is 19.5 Å². The van der Waals surface area contributed by atoms with Gasteiger partial charge in [0.2, 0.25) is 0 Å². The van der Waals surface area contributed by atoms with E-state index in [-0.39, 0.29) is 5.91 Å². The summed E-state index contributed by atoms with van der Waals surface area (Å²) in [5, 5.41) is 6.64. The number of hydrogen-bond acceptors (Lipinski definition) is 5. The average molecular weight is 370 g/mol. The number of anilines is 1. The average Bonchev–Trinajstić information content (AvgIpc) is 3.24. The van der Waals surface area contributed by atoms with Crippen LogP contribution in [0.15, 0.2) is 29.6 Å². The highest BCUT2D eigenvalue weighted by atomic mass is 32.1. The molecule has 1 aromatic carbocycles. The van der Waals surface area contributed by atoms with Gasteiger partial charge in [-0.25, -0.2) is 4.98 Å². The monoisotopic (exact) mass is 370 g/mol. The second-order valence-electron chi connectivity index (χ2n) is 6.45. The summed E-state index contributed by atoms with van der Waals surface area (Å²) in [6, 6.07) is 8.17. The second-order valence-corrected chi connectivity index (χ2v) is 7.31. The molecule has 3 aromatic rings. The number of hydrogen-bond donors (Lipinski definition) is 2. The Morgan fingerprint density at radius 3 is 3.15 bits per heavy atom. The first-order valence-electron chi connectivity index (χ1n) is 8.83. The predicted molar refractivity (Wildman–Crippen MR) is 105 cm³/mol. The third-order valence-electron chi connectivity index (χ3n) is 4.77. The molecule has 0 bridgehead atoms. The molecule has 6 nitrogen and oxygen atoms in total. The van der Waals surface area contributed by atoms with Gasteiger partial charge in [0.1, 0.15) is 6.10 Å². The van der Waals surface area contributed by atoms with Crippen molar-refractivity contribution >= 4 is 33.3 Å². The van der Waals surface area contributed by atoms with Crippen LogP contribution in [-0.4, -0.2) is 53.1 Å². The van der Waals surface area contributed by atoms with Crippen molar-refractivity contribution in [3.63, 3.8) is 0 Å². The van der Waals surface area contributed by atoms with Crippen LogP contribution >= 0.6 is 11.3 Å². The van der Waals surface area contributed by atoms with Crippen molar-refractivity contribution in [1.29, 1.82) is 0 Å². The summed E-state index contributed by atoms with van der Waals surface area (Å²) in [7, 11) is 0. The zero-order chi connectivity index (χ0) is 18.1. The van der Waals surface area contributed by atoms with Gasteiger partial charge >= 0.3 is 0 Å². The van der Waals surface area contributed by atoms with Crippen molar-refractivity contribution in [2.75, 3.05) is 31.6 Å². The van der Waals surface area contributed by atoms with Crippen LogP contribution < -0.4 is 5.32 Å². The van der Waals surface area contributed by atoms with Crippen LogP contribution in [0.2, 0.25) is 0 Å². The number of aromatic amines is 1. The molecule has 3 heterocycles. The Morgan fingerprint density at radius 2 is 2.31 bits per heavy atom. The number of rotatable bonds is 4. The normalized spacial score (nSPS) is 18.3. The third-order valence-corrected chi connectivity index (χ3v) is 5.53. The summed E-state index contributed by atoms with van der Waals surface area (Å²) >= 11 is 1.44. The molecule has 2 N–H and O–H groups in total. The molecule has 4 rings (SSSR count). The molecule has 1 aliphatic heterocycles. The van der Waals surface area contributed by atoms with Crippen molar-refractivity contribution in [2.45, 2.75) is 20.0 Å². The van der Waals surface area contributed by atoms with Crippen LogP contribution in [0.25, 0.3) is 22.2 Å². The number of carbonyl (C=O) groups is 1. The number of nitrogens with one attached hydrogen (secondary N) is 2. The fraction of sp³-hybridized carbons (Fsp3) is 0.368. The van der Waals surface area contributed by atoms with E-state index < -0.39 is 6.10 Å². The van der Waals surface area contributed by atoms with E-state index in [0.29, 0.717) is 18.3 Å². The highest BCUT2D eigenvalue weighted by Crippen LogP contribution is 2.33. The number of para-hydroxylation sites is 1. The molecule has 0 saturated carbocycles. The van der Waals surface area contributed by atoms with Crippen LogP contribution in [0.1, 0.15) is 12.6 Å². The lowest BCUT2D eigenvalue weighted by Crippen LogP contribution is -2.47. The zero-order valence-electron chi connectivity index (χ0n) is 14.9. The molecule has 136 valence electrons. The molecule has 0 spiro atoms. The van der Waals surface area contributed by atoms with E-state index in [0.717, 1.165) is 40.9 Å². The van der Waals surface area contributed by atoms with Gasteiger partial charge in [0.25, 0.3) is 5.91 Å². The molecule has 1 saturated heterocycles. The standard InChI is InChI=1S/C19H22N4O2S/c1-3-23-8-9-25-16(10-23)18(24)22-19-21-15(11-26-19)17-12(2)20-14-7-5-4-6-13(14)17/h4-7,11,16,20H,3,8-10H2,1-2H3,(H,21,22,24). The lowest BCUT2D eigenvalue weighted by Gasteiger charge is -2.30. The summed E-state index contributed by atoms with van der Waals surface area (Å²) in [4.78, 5) is 22.7. The number of benzene rings is 1. The maximum atomic E-state index is 12.5. The third kappa shape index (κ3) is 3.25. The Balaban J connectivity index is 1.53. The zero-order valence-corrected chi connectivity index (χ0v) is 15.7. The number of likely N-dealkylation sites (N-methyl/N-ethyl adjacent to an activating group) is 1. The van der Waals surface area contributed by atoms with E-state index in [9.17, 15) is 4.79 Å². The highest BCUT2D eigenvalue weighted by molar-refractivity contribution is 7.14. The number of morpholine rings is 1. The number of aryl methyl sites for hydroxylation is 1. The number of aromatic nitrogens is 2. The Bertz CT molecular complexity index is 933. The molecular formula is C19H22N4O2S. The molecular weight excluding hydrogens is 348 g/mol. The van der Waals surface area contributed by atoms with Gasteiger partial charge in [-0.2, -0.15) is 0 Å². The van der Waals surface area contributed by atoms with Crippen LogP contribution in [0.4, 0.5) is 5.13 Å². The second kappa shape index (κ2) is 7.19. The number of thiazole rings is 1. The Kier molecular flexibility index (Phi) is 4.76. The minimum absolute atomic E-state index is 0.125. The fourth-order valence-corrected chi connectivity index (χ4v) is 4.09. The van der Waals surface area contributed by atoms with Crippen molar-refractivity contribution < 1.29 is 9.53 Å². The molecule has 26 heavy (non-hydrogen) atoms. The molecule has 0 aliphatic carbocycles. The Hall–Kier alpha value is -2.22. The molecule has 7 heteroatoms. The largest absolute Gasteiger partial charge is 0.366 e. The van der Waals surface area contributed by atoms with Crippen LogP contribution in [0.5, 0.6) is 0 Å². The smallest absolute Gasteiger partial charge is 0.256 e. The summed E-state index contributed by atoms with van der Waals surface area (Å²) in [5.74, 6) is -0.125. The van der Waals surface area contributed by atoms with Crippen molar-refractivity contribution in [3.8, 4) is 11.3 Å². The topological polar surface area (TPSA) is 70.2 Å². The number of H-pyrrole nitrogens is 1. The summed E-state index contributed by atoms with van der Waals surface area (Å²) < 4.78 is 5.62. The maximum Gasteiger partial charge on any atom is 0.256 e. The van der Waals surface area contributed by atoms with E-state index >= 15 is 0 Å². The molecule has 1 unspecified atom stereocenters. The summed E-state index contributed by atoms with van der Waals surface area (Å²) in [5.41, 5.74) is 4.13. The molecule has 0 radical (unpaired) electrons. The number of amides is 1. The van der Waals surface area contributed by atoms with E-state index in [1.807, 2.05) is 24.4 Å². The molecule has 1 amide bonds. The van der Waals surface area contributed by atoms with Crippen LogP contribution in [-0.2, 0) is 9.53 Å².